The van der Waals surface area contributed by atoms with E-state index in [-0.39, 0.29) is 43.3 Å². The number of ether oxygens (including phenoxy) is 2. The lowest BCUT2D eigenvalue weighted by Crippen LogP contribution is -2.47. The minimum Gasteiger partial charge on any atom is -0.508 e. The summed E-state index contributed by atoms with van der Waals surface area (Å²) in [6.07, 6.45) is 3.50. The Morgan fingerprint density at radius 1 is 1.27 bits per heavy atom. The molecule has 2 aliphatic rings. The van der Waals surface area contributed by atoms with Crippen LogP contribution in [-0.4, -0.2) is 46.7 Å². The van der Waals surface area contributed by atoms with E-state index in [9.17, 15) is 25.1 Å². The third-order valence-corrected chi connectivity index (χ3v) is 7.17. The van der Waals surface area contributed by atoms with Crippen molar-refractivity contribution in [1.29, 1.82) is 0 Å². The molecule has 3 atom stereocenters. The molecule has 0 amide bonds. The van der Waals surface area contributed by atoms with Crippen molar-refractivity contribution in [1.82, 2.24) is 0 Å². The molecule has 0 saturated heterocycles. The second-order valence-electron chi connectivity index (χ2n) is 10.2. The summed E-state index contributed by atoms with van der Waals surface area (Å²) < 4.78 is 11.7. The number of carbonyl (C=O) groups excluding carboxylic acids is 1. The molecule has 1 aromatic carbocycles. The number of aromatic hydroxyl groups is 1. The van der Waals surface area contributed by atoms with Crippen molar-refractivity contribution in [2.24, 2.45) is 11.8 Å². The number of unbranched alkanes of at least 4 members (excludes halogenated alkanes) is 1. The molecule has 1 aliphatic carbocycles. The van der Waals surface area contributed by atoms with E-state index < -0.39 is 22.1 Å². The number of phenolic OH excluding ortho intramolecular Hbond substituents is 1. The first-order valence-corrected chi connectivity index (χ1v) is 11.6. The number of nitrogens with zero attached hydrogens (tertiary/aromatic N) is 1. The van der Waals surface area contributed by atoms with Gasteiger partial charge in [-0.15, -0.1) is 10.1 Å². The largest absolute Gasteiger partial charge is 0.508 e. The van der Waals surface area contributed by atoms with Crippen LogP contribution in [0.4, 0.5) is 0 Å². The summed E-state index contributed by atoms with van der Waals surface area (Å²) in [6, 6.07) is 3.44. The second-order valence-corrected chi connectivity index (χ2v) is 10.2. The van der Waals surface area contributed by atoms with E-state index in [1.54, 1.807) is 19.9 Å². The highest BCUT2D eigenvalue weighted by Gasteiger charge is 2.48. The summed E-state index contributed by atoms with van der Waals surface area (Å²) in [6.45, 7) is 7.78. The lowest BCUT2D eigenvalue weighted by atomic mass is 9.63. The Bertz CT molecular complexity index is 881. The Morgan fingerprint density at radius 3 is 2.64 bits per heavy atom. The third kappa shape index (κ3) is 5.34. The topological polar surface area (TPSA) is 128 Å². The van der Waals surface area contributed by atoms with Crippen LogP contribution in [0.25, 0.3) is 0 Å². The van der Waals surface area contributed by atoms with Gasteiger partial charge < -0.3 is 24.5 Å². The molecule has 9 heteroatoms. The van der Waals surface area contributed by atoms with Crippen molar-refractivity contribution in [3.63, 3.8) is 0 Å². The van der Waals surface area contributed by atoms with Gasteiger partial charge in [0.05, 0.1) is 18.6 Å². The molecule has 1 heterocycles. The molecule has 184 valence electrons. The van der Waals surface area contributed by atoms with Crippen molar-refractivity contribution >= 4 is 5.97 Å². The first-order valence-electron chi connectivity index (χ1n) is 11.6. The first-order chi connectivity index (χ1) is 15.5. The molecule has 0 spiro atoms. The number of aliphatic hydroxyl groups is 1. The van der Waals surface area contributed by atoms with Gasteiger partial charge in [0.25, 0.3) is 5.09 Å². The van der Waals surface area contributed by atoms with Crippen LogP contribution >= 0.6 is 0 Å². The lowest BCUT2D eigenvalue weighted by Gasteiger charge is -2.49. The summed E-state index contributed by atoms with van der Waals surface area (Å²) in [7, 11) is 0. The number of benzene rings is 1. The van der Waals surface area contributed by atoms with Crippen LogP contribution < -0.4 is 4.74 Å². The molecule has 9 nitrogen and oxygen atoms in total. The molecule has 0 aromatic heterocycles. The van der Waals surface area contributed by atoms with E-state index >= 15 is 0 Å². The number of rotatable bonds is 9. The predicted octanol–water partition coefficient (Wildman–Crippen LogP) is 3.86. The van der Waals surface area contributed by atoms with Crippen molar-refractivity contribution in [3.8, 4) is 11.5 Å². The van der Waals surface area contributed by atoms with E-state index in [2.05, 4.69) is 18.7 Å². The van der Waals surface area contributed by atoms with Gasteiger partial charge in [0.15, 0.2) is 0 Å². The van der Waals surface area contributed by atoms with Gasteiger partial charge in [0.1, 0.15) is 17.1 Å². The van der Waals surface area contributed by atoms with Gasteiger partial charge in [-0.1, -0.05) is 0 Å². The number of aliphatic hydroxyl groups excluding tert-OH is 1. The van der Waals surface area contributed by atoms with Crippen LogP contribution in [0.1, 0.15) is 76.8 Å². The Balaban J connectivity index is 1.76. The van der Waals surface area contributed by atoms with Crippen molar-refractivity contribution in [2.45, 2.75) is 76.7 Å². The van der Waals surface area contributed by atoms with Crippen molar-refractivity contribution < 1.29 is 34.4 Å². The van der Waals surface area contributed by atoms with Gasteiger partial charge in [-0.2, -0.15) is 0 Å². The molecule has 0 radical (unpaired) electrons. The molecule has 1 aromatic rings. The quantitative estimate of drug-likeness (QED) is 0.243. The predicted molar refractivity (Wildman–Crippen MR) is 120 cm³/mol. The highest BCUT2D eigenvalue weighted by Crippen LogP contribution is 2.56. The molecule has 1 saturated carbocycles. The molecule has 1 fully saturated rings. The van der Waals surface area contributed by atoms with E-state index in [1.807, 2.05) is 6.07 Å². The average Bonchev–Trinajstić information content (AvgIpc) is 2.74. The molecule has 2 N–H and O–H groups in total. The Hall–Kier alpha value is -2.55. The van der Waals surface area contributed by atoms with Gasteiger partial charge in [0.2, 0.25) is 0 Å². The van der Waals surface area contributed by atoms with Gasteiger partial charge in [-0.25, -0.2) is 0 Å². The van der Waals surface area contributed by atoms with Gasteiger partial charge in [0, 0.05) is 18.1 Å². The SMILES string of the molecule is CC(C)(C(=O)OCCCCO[N+](=O)[O-])c1cc(O)c2c(c1)OC(C)(C)[C@@H]1CC[C@@H](CO)C[C@@H]21. The van der Waals surface area contributed by atoms with Crippen LogP contribution in [0, 0.1) is 22.0 Å². The molecule has 0 bridgehead atoms. The van der Waals surface area contributed by atoms with Crippen LogP contribution in [0.5, 0.6) is 11.5 Å². The second kappa shape index (κ2) is 9.75. The highest BCUT2D eigenvalue weighted by atomic mass is 16.9. The minimum absolute atomic E-state index is 0.0426. The summed E-state index contributed by atoms with van der Waals surface area (Å²) in [5, 5.41) is 30.0. The fourth-order valence-corrected chi connectivity index (χ4v) is 5.17. The number of carbonyl (C=O) groups is 1. The van der Waals surface area contributed by atoms with Gasteiger partial charge >= 0.3 is 5.97 Å². The Labute approximate surface area is 194 Å². The average molecular weight is 466 g/mol. The molecule has 33 heavy (non-hydrogen) atoms. The fourth-order valence-electron chi connectivity index (χ4n) is 5.17. The summed E-state index contributed by atoms with van der Waals surface area (Å²) in [4.78, 5) is 27.2. The Kier molecular flexibility index (Phi) is 7.41. The van der Waals surface area contributed by atoms with Crippen molar-refractivity contribution in [2.75, 3.05) is 19.8 Å². The van der Waals surface area contributed by atoms with E-state index in [0.29, 0.717) is 24.2 Å². The Morgan fingerprint density at radius 2 is 1.97 bits per heavy atom. The maximum atomic E-state index is 12.8. The van der Waals surface area contributed by atoms with E-state index in [1.165, 1.54) is 0 Å². The monoisotopic (exact) mass is 465 g/mol. The zero-order valence-electron chi connectivity index (χ0n) is 19.8. The third-order valence-electron chi connectivity index (χ3n) is 7.17. The number of fused-ring (bicyclic) bond motifs is 3. The van der Waals surface area contributed by atoms with Gasteiger partial charge in [-0.05, 0) is 89.3 Å². The molecule has 1 aliphatic heterocycles. The van der Waals surface area contributed by atoms with Crippen LogP contribution in [0.3, 0.4) is 0 Å². The molecule has 3 rings (SSSR count). The number of hydrogen-bond acceptors (Lipinski definition) is 8. The number of esters is 1. The zero-order chi connectivity index (χ0) is 24.4. The molecular formula is C24H35NO8. The smallest absolute Gasteiger partial charge is 0.315 e. The van der Waals surface area contributed by atoms with Crippen LogP contribution in [0.15, 0.2) is 12.1 Å². The van der Waals surface area contributed by atoms with E-state index in [0.717, 1.165) is 24.8 Å². The normalized spacial score (nSPS) is 23.6. The van der Waals surface area contributed by atoms with Gasteiger partial charge in [-0.3, -0.25) is 4.79 Å². The highest BCUT2D eigenvalue weighted by molar-refractivity contribution is 5.82. The number of hydrogen-bond donors (Lipinski definition) is 2. The fraction of sp³-hybridized carbons (Fsp3) is 0.708. The summed E-state index contributed by atoms with van der Waals surface area (Å²) in [5.74, 6) is 0.747. The lowest BCUT2D eigenvalue weighted by molar-refractivity contribution is -0.757. The van der Waals surface area contributed by atoms with E-state index in [4.69, 9.17) is 9.47 Å². The maximum absolute atomic E-state index is 12.8. The summed E-state index contributed by atoms with van der Waals surface area (Å²) in [5.41, 5.74) is -0.117. The maximum Gasteiger partial charge on any atom is 0.315 e. The van der Waals surface area contributed by atoms with Crippen LogP contribution in [-0.2, 0) is 19.8 Å². The van der Waals surface area contributed by atoms with Crippen LogP contribution in [0.2, 0.25) is 0 Å². The minimum atomic E-state index is -1.03. The molecular weight excluding hydrogens is 430 g/mol. The first kappa shape index (κ1) is 25.1. The zero-order valence-corrected chi connectivity index (χ0v) is 19.8. The number of phenols is 1. The standard InChI is InChI=1S/C24H35NO8/c1-23(2,22(28)31-9-5-6-10-32-25(29)30)16-12-19(27)21-17-11-15(14-26)7-8-18(17)24(3,4)33-20(21)13-16/h12-13,15,17-18,26-27H,5-11,14H2,1-4H3/t15-,17-,18-/m1/s1. The van der Waals surface area contributed by atoms with Crippen molar-refractivity contribution in [3.05, 3.63) is 33.4 Å². The summed E-state index contributed by atoms with van der Waals surface area (Å²) >= 11 is 0. The molecule has 0 unspecified atom stereocenters.